The van der Waals surface area contributed by atoms with Crippen molar-refractivity contribution in [2.45, 2.75) is 6.54 Å². The van der Waals surface area contributed by atoms with E-state index in [0.717, 1.165) is 10.0 Å². The van der Waals surface area contributed by atoms with Gasteiger partial charge >= 0.3 is 0 Å². The molecule has 0 aliphatic heterocycles. The molecule has 32 heavy (non-hydrogen) atoms. The summed E-state index contributed by atoms with van der Waals surface area (Å²) in [6.07, 6.45) is 3.61. The highest BCUT2D eigenvalue weighted by atomic mass is 79.9. The van der Waals surface area contributed by atoms with Gasteiger partial charge in [0.15, 0.2) is 0 Å². The van der Waals surface area contributed by atoms with Crippen molar-refractivity contribution >= 4 is 50.6 Å². The third kappa shape index (κ3) is 4.95. The molecule has 4 aromatic rings. The van der Waals surface area contributed by atoms with E-state index in [1.807, 2.05) is 36.4 Å². The molecule has 0 fully saturated rings. The van der Waals surface area contributed by atoms with E-state index < -0.39 is 0 Å². The van der Waals surface area contributed by atoms with Gasteiger partial charge in [-0.2, -0.15) is 0 Å². The zero-order valence-electron chi connectivity index (χ0n) is 17.3. The molecule has 0 saturated carbocycles. The number of benzene rings is 3. The third-order valence-corrected chi connectivity index (χ3v) is 5.33. The highest BCUT2D eigenvalue weighted by Crippen LogP contribution is 2.17. The Bertz CT molecular complexity index is 1360. The van der Waals surface area contributed by atoms with Crippen LogP contribution in [0.3, 0.4) is 0 Å². The number of methoxy groups -OCH3 is 1. The van der Waals surface area contributed by atoms with E-state index in [0.29, 0.717) is 28.2 Å². The molecular weight excluding hydrogens is 470 g/mol. The van der Waals surface area contributed by atoms with Crippen LogP contribution in [0.5, 0.6) is 5.75 Å². The molecule has 4 rings (SSSR count). The lowest BCUT2D eigenvalue weighted by atomic mass is 10.2. The zero-order chi connectivity index (χ0) is 22.5. The predicted octanol–water partition coefficient (Wildman–Crippen LogP) is 4.98. The van der Waals surface area contributed by atoms with Crippen molar-refractivity contribution in [1.29, 1.82) is 0 Å². The average Bonchev–Trinajstić information content (AvgIpc) is 2.80. The number of carbonyl (C=O) groups excluding carboxylic acids is 1. The van der Waals surface area contributed by atoms with Gasteiger partial charge in [0.1, 0.15) is 18.1 Å². The number of fused-ring (bicyclic) bond motifs is 1. The number of para-hydroxylation sites is 1. The number of nitrogens with zero attached hydrogens (tertiary/aromatic N) is 2. The summed E-state index contributed by atoms with van der Waals surface area (Å²) in [6.45, 7) is -0.166. The van der Waals surface area contributed by atoms with E-state index in [9.17, 15) is 9.59 Å². The van der Waals surface area contributed by atoms with Gasteiger partial charge in [0, 0.05) is 10.2 Å². The lowest BCUT2D eigenvalue weighted by Crippen LogP contribution is -2.30. The monoisotopic (exact) mass is 489 g/mol. The van der Waals surface area contributed by atoms with Crippen molar-refractivity contribution in [3.63, 3.8) is 0 Å². The fourth-order valence-corrected chi connectivity index (χ4v) is 3.68. The number of amides is 1. The van der Waals surface area contributed by atoms with Gasteiger partial charge in [-0.05, 0) is 60.2 Å². The number of carbonyl (C=O) groups is 1. The van der Waals surface area contributed by atoms with Gasteiger partial charge in [-0.25, -0.2) is 4.98 Å². The SMILES string of the molecule is COc1ccc(NC(=O)Cn2c(/C=C/c3cccc(Br)c3)nc3ccccc3c2=O)cc1. The number of halogens is 1. The smallest absolute Gasteiger partial charge is 0.262 e. The van der Waals surface area contributed by atoms with Crippen LogP contribution in [0.4, 0.5) is 5.69 Å². The van der Waals surface area contributed by atoms with Crippen molar-refractivity contribution in [2.75, 3.05) is 12.4 Å². The van der Waals surface area contributed by atoms with E-state index in [2.05, 4.69) is 26.2 Å². The number of rotatable bonds is 6. The van der Waals surface area contributed by atoms with Crippen LogP contribution in [0.1, 0.15) is 11.4 Å². The largest absolute Gasteiger partial charge is 0.497 e. The second-order valence-corrected chi connectivity index (χ2v) is 7.96. The Balaban J connectivity index is 1.68. The molecule has 6 nitrogen and oxygen atoms in total. The molecule has 0 aliphatic carbocycles. The first-order valence-electron chi connectivity index (χ1n) is 9.90. The van der Waals surface area contributed by atoms with Crippen LogP contribution < -0.4 is 15.6 Å². The number of nitrogens with one attached hydrogen (secondary N) is 1. The quantitative estimate of drug-likeness (QED) is 0.414. The molecule has 1 aromatic heterocycles. The topological polar surface area (TPSA) is 73.2 Å². The van der Waals surface area contributed by atoms with Crippen LogP contribution >= 0.6 is 15.9 Å². The minimum Gasteiger partial charge on any atom is -0.497 e. The van der Waals surface area contributed by atoms with Crippen molar-refractivity contribution in [3.8, 4) is 5.75 Å². The Morgan fingerprint density at radius 3 is 2.59 bits per heavy atom. The number of hydrogen-bond acceptors (Lipinski definition) is 4. The van der Waals surface area contributed by atoms with Crippen LogP contribution in [0, 0.1) is 0 Å². The Kier molecular flexibility index (Phi) is 6.47. The van der Waals surface area contributed by atoms with E-state index in [4.69, 9.17) is 4.74 Å². The molecule has 0 unspecified atom stereocenters. The lowest BCUT2D eigenvalue weighted by molar-refractivity contribution is -0.116. The number of anilines is 1. The molecule has 0 saturated heterocycles. The predicted molar refractivity (Wildman–Crippen MR) is 131 cm³/mol. The van der Waals surface area contributed by atoms with Crippen molar-refractivity contribution in [2.24, 2.45) is 0 Å². The lowest BCUT2D eigenvalue weighted by Gasteiger charge is -2.12. The first-order chi connectivity index (χ1) is 15.5. The number of ether oxygens (including phenoxy) is 1. The molecule has 1 N–H and O–H groups in total. The fraction of sp³-hybridized carbons (Fsp3) is 0.0800. The molecule has 0 radical (unpaired) electrons. The highest BCUT2D eigenvalue weighted by Gasteiger charge is 2.13. The van der Waals surface area contributed by atoms with E-state index >= 15 is 0 Å². The molecule has 0 spiro atoms. The minimum absolute atomic E-state index is 0.166. The first kappa shape index (κ1) is 21.5. The van der Waals surface area contributed by atoms with Crippen LogP contribution in [0.25, 0.3) is 23.1 Å². The summed E-state index contributed by atoms with van der Waals surface area (Å²) >= 11 is 3.45. The van der Waals surface area contributed by atoms with Crippen LogP contribution in [-0.4, -0.2) is 22.6 Å². The molecule has 3 aromatic carbocycles. The fourth-order valence-electron chi connectivity index (χ4n) is 3.26. The first-order valence-corrected chi connectivity index (χ1v) is 10.7. The van der Waals surface area contributed by atoms with Crippen molar-refractivity contribution in [3.05, 3.63) is 99.0 Å². The third-order valence-electron chi connectivity index (χ3n) is 4.84. The molecule has 1 heterocycles. The van der Waals surface area contributed by atoms with Crippen molar-refractivity contribution in [1.82, 2.24) is 9.55 Å². The number of aromatic nitrogens is 2. The molecule has 1 amide bonds. The summed E-state index contributed by atoms with van der Waals surface area (Å²) in [4.78, 5) is 30.5. The number of hydrogen-bond donors (Lipinski definition) is 1. The molecule has 7 heteroatoms. The summed E-state index contributed by atoms with van der Waals surface area (Å²) < 4.78 is 7.47. The van der Waals surface area contributed by atoms with Gasteiger partial charge in [-0.3, -0.25) is 14.2 Å². The van der Waals surface area contributed by atoms with Crippen LogP contribution in [0.15, 0.2) is 82.1 Å². The van der Waals surface area contributed by atoms with Crippen LogP contribution in [0.2, 0.25) is 0 Å². The molecule has 0 atom stereocenters. The van der Waals surface area contributed by atoms with Gasteiger partial charge in [0.05, 0.1) is 18.0 Å². The van der Waals surface area contributed by atoms with Crippen molar-refractivity contribution < 1.29 is 9.53 Å². The second-order valence-electron chi connectivity index (χ2n) is 7.04. The Hall–Kier alpha value is -3.71. The Morgan fingerprint density at radius 2 is 1.84 bits per heavy atom. The maximum Gasteiger partial charge on any atom is 0.262 e. The summed E-state index contributed by atoms with van der Waals surface area (Å²) in [5, 5.41) is 3.28. The van der Waals surface area contributed by atoms with E-state index in [-0.39, 0.29) is 18.0 Å². The maximum absolute atomic E-state index is 13.2. The van der Waals surface area contributed by atoms with E-state index in [1.165, 1.54) is 4.57 Å². The summed E-state index contributed by atoms with van der Waals surface area (Å²) in [5.74, 6) is 0.767. The second kappa shape index (κ2) is 9.62. The Morgan fingerprint density at radius 1 is 1.06 bits per heavy atom. The standard InChI is InChI=1S/C25H20BrN3O3/c1-32-20-12-10-19(11-13-20)27-24(30)16-29-23(14-9-17-5-4-6-18(26)15-17)28-22-8-3-2-7-21(22)25(29)31/h2-15H,16H2,1H3,(H,27,30)/b14-9+. The molecular formula is C25H20BrN3O3. The van der Waals surface area contributed by atoms with Crippen LogP contribution in [-0.2, 0) is 11.3 Å². The summed E-state index contributed by atoms with van der Waals surface area (Å²) in [7, 11) is 1.58. The van der Waals surface area contributed by atoms with E-state index in [1.54, 1.807) is 55.7 Å². The van der Waals surface area contributed by atoms with Gasteiger partial charge in [0.2, 0.25) is 5.91 Å². The summed E-state index contributed by atoms with van der Waals surface area (Å²) in [5.41, 5.74) is 1.87. The van der Waals surface area contributed by atoms with Gasteiger partial charge < -0.3 is 10.1 Å². The van der Waals surface area contributed by atoms with Gasteiger partial charge in [-0.15, -0.1) is 0 Å². The molecule has 0 bridgehead atoms. The zero-order valence-corrected chi connectivity index (χ0v) is 18.9. The maximum atomic E-state index is 13.2. The molecule has 160 valence electrons. The normalized spacial score (nSPS) is 11.1. The Labute approximate surface area is 193 Å². The minimum atomic E-state index is -0.327. The van der Waals surface area contributed by atoms with Gasteiger partial charge in [-0.1, -0.05) is 46.3 Å². The highest BCUT2D eigenvalue weighted by molar-refractivity contribution is 9.10. The summed E-state index contributed by atoms with van der Waals surface area (Å²) in [6, 6.07) is 21.9. The van der Waals surface area contributed by atoms with Gasteiger partial charge in [0.25, 0.3) is 5.56 Å². The average molecular weight is 490 g/mol. The molecule has 0 aliphatic rings.